The third-order valence-electron chi connectivity index (χ3n) is 3.03. The lowest BCUT2D eigenvalue weighted by atomic mass is 10.2. The minimum absolute atomic E-state index is 0.414. The van der Waals surface area contributed by atoms with Crippen LogP contribution in [0.2, 0.25) is 0 Å². The molecule has 0 fully saturated rings. The Morgan fingerprint density at radius 2 is 2.22 bits per heavy atom. The molecule has 0 aliphatic carbocycles. The maximum Gasteiger partial charge on any atom is 0.112 e. The number of benzene rings is 1. The molecule has 3 aromatic rings. The number of H-pyrrole nitrogens is 1. The molecule has 6 nitrogen and oxygen atoms in total. The fourth-order valence-electron chi connectivity index (χ4n) is 2.03. The number of aryl methyl sites for hydroxylation is 1. The van der Waals surface area contributed by atoms with Gasteiger partial charge in [-0.3, -0.25) is 0 Å². The fraction of sp³-hybridized carbons (Fsp3) is 0.250. The zero-order chi connectivity index (χ0) is 12.5. The smallest absolute Gasteiger partial charge is 0.112 e. The lowest BCUT2D eigenvalue weighted by Crippen LogP contribution is -2.07. The van der Waals surface area contributed by atoms with Crippen molar-refractivity contribution in [1.82, 2.24) is 25.0 Å². The summed E-state index contributed by atoms with van der Waals surface area (Å²) < 4.78 is 1.98. The molecule has 1 aromatic carbocycles. The Hall–Kier alpha value is -2.21. The summed E-state index contributed by atoms with van der Waals surface area (Å²) in [7, 11) is 1.94. The summed E-state index contributed by atoms with van der Waals surface area (Å²) >= 11 is 0. The van der Waals surface area contributed by atoms with Crippen molar-refractivity contribution >= 4 is 11.0 Å². The van der Waals surface area contributed by atoms with Crippen LogP contribution in [0.15, 0.2) is 30.5 Å². The second-order valence-electron chi connectivity index (χ2n) is 4.19. The minimum Gasteiger partial charge on any atom is -0.386 e. The Morgan fingerprint density at radius 3 is 2.94 bits per heavy atom. The van der Waals surface area contributed by atoms with Crippen molar-refractivity contribution in [3.05, 3.63) is 42.0 Å². The van der Waals surface area contributed by atoms with Gasteiger partial charge in [0.25, 0.3) is 0 Å². The summed E-state index contributed by atoms with van der Waals surface area (Å²) in [6, 6.07) is 7.89. The van der Waals surface area contributed by atoms with Gasteiger partial charge in [0, 0.05) is 13.5 Å². The van der Waals surface area contributed by atoms with Gasteiger partial charge in [0.1, 0.15) is 17.6 Å². The Balaban J connectivity index is 1.93. The molecule has 2 aromatic heterocycles. The summed E-state index contributed by atoms with van der Waals surface area (Å²) in [6.07, 6.45) is 1.24. The normalized spacial score (nSPS) is 13.0. The molecule has 1 unspecified atom stereocenters. The van der Waals surface area contributed by atoms with Gasteiger partial charge in [-0.1, -0.05) is 12.1 Å². The molecule has 0 radical (unpaired) electrons. The standard InChI is InChI=1S/C12H13N5O/c1-17-10-5-3-2-4-8(10)14-12(17)6-11(18)9-7-13-16-15-9/h2-5,7,11,18H,6H2,1H3,(H,13,15,16). The van der Waals surface area contributed by atoms with Crippen molar-refractivity contribution in [3.8, 4) is 0 Å². The SMILES string of the molecule is Cn1c(CC(O)c2cn[nH]n2)nc2ccccc21. The highest BCUT2D eigenvalue weighted by Crippen LogP contribution is 2.19. The maximum atomic E-state index is 10.0. The first-order chi connectivity index (χ1) is 8.75. The lowest BCUT2D eigenvalue weighted by molar-refractivity contribution is 0.170. The number of nitrogens with one attached hydrogen (secondary N) is 1. The molecular formula is C12H13N5O. The molecule has 1 atom stereocenters. The van der Waals surface area contributed by atoms with Gasteiger partial charge >= 0.3 is 0 Å². The zero-order valence-corrected chi connectivity index (χ0v) is 9.91. The van der Waals surface area contributed by atoms with Crippen LogP contribution in [-0.2, 0) is 13.5 Å². The molecule has 2 heterocycles. The Labute approximate surface area is 103 Å². The van der Waals surface area contributed by atoms with Crippen molar-refractivity contribution in [2.24, 2.45) is 7.05 Å². The highest BCUT2D eigenvalue weighted by molar-refractivity contribution is 5.75. The number of fused-ring (bicyclic) bond motifs is 1. The van der Waals surface area contributed by atoms with Crippen molar-refractivity contribution in [3.63, 3.8) is 0 Å². The van der Waals surface area contributed by atoms with Crippen molar-refractivity contribution in [2.75, 3.05) is 0 Å². The van der Waals surface area contributed by atoms with E-state index in [4.69, 9.17) is 0 Å². The molecule has 0 saturated carbocycles. The van der Waals surface area contributed by atoms with E-state index in [2.05, 4.69) is 20.4 Å². The molecular weight excluding hydrogens is 230 g/mol. The summed E-state index contributed by atoms with van der Waals surface area (Å²) in [5, 5.41) is 20.1. The number of nitrogens with zero attached hydrogens (tertiary/aromatic N) is 4. The number of aliphatic hydroxyl groups is 1. The topological polar surface area (TPSA) is 79.6 Å². The first kappa shape index (κ1) is 10.9. The number of rotatable bonds is 3. The van der Waals surface area contributed by atoms with E-state index in [9.17, 15) is 5.11 Å². The lowest BCUT2D eigenvalue weighted by Gasteiger charge is -2.06. The van der Waals surface area contributed by atoms with Gasteiger partial charge in [0.15, 0.2) is 0 Å². The van der Waals surface area contributed by atoms with Crippen molar-refractivity contribution in [1.29, 1.82) is 0 Å². The molecule has 0 bridgehead atoms. The minimum atomic E-state index is -0.695. The number of aliphatic hydroxyl groups excluding tert-OH is 1. The third-order valence-corrected chi connectivity index (χ3v) is 3.03. The molecule has 0 aliphatic heterocycles. The molecule has 0 amide bonds. The Bertz CT molecular complexity index is 658. The van der Waals surface area contributed by atoms with E-state index in [1.807, 2.05) is 35.9 Å². The van der Waals surface area contributed by atoms with Crippen molar-refractivity contribution < 1.29 is 5.11 Å². The van der Waals surface area contributed by atoms with Gasteiger partial charge < -0.3 is 9.67 Å². The van der Waals surface area contributed by atoms with Gasteiger partial charge in [0.2, 0.25) is 0 Å². The van der Waals surface area contributed by atoms with Gasteiger partial charge in [-0.2, -0.15) is 15.4 Å². The first-order valence-electron chi connectivity index (χ1n) is 5.70. The largest absolute Gasteiger partial charge is 0.386 e. The van der Waals surface area contributed by atoms with Crippen molar-refractivity contribution in [2.45, 2.75) is 12.5 Å². The van der Waals surface area contributed by atoms with E-state index in [0.29, 0.717) is 12.1 Å². The van der Waals surface area contributed by atoms with Crippen LogP contribution in [0, 0.1) is 0 Å². The van der Waals surface area contributed by atoms with E-state index in [-0.39, 0.29) is 0 Å². The summed E-state index contributed by atoms with van der Waals surface area (Å²) in [5.74, 6) is 0.826. The molecule has 0 spiro atoms. The molecule has 3 rings (SSSR count). The van der Waals surface area contributed by atoms with Crippen LogP contribution in [0.3, 0.4) is 0 Å². The van der Waals surface area contributed by atoms with Crippen LogP contribution in [0.5, 0.6) is 0 Å². The van der Waals surface area contributed by atoms with E-state index >= 15 is 0 Å². The Morgan fingerprint density at radius 1 is 1.39 bits per heavy atom. The van der Waals surface area contributed by atoms with Crippen LogP contribution in [0.25, 0.3) is 11.0 Å². The predicted octanol–water partition coefficient (Wildman–Crippen LogP) is 0.967. The average molecular weight is 243 g/mol. The molecule has 2 N–H and O–H groups in total. The van der Waals surface area contributed by atoms with Gasteiger partial charge in [0.05, 0.1) is 17.2 Å². The van der Waals surface area contributed by atoms with Gasteiger partial charge in [-0.05, 0) is 12.1 Å². The third kappa shape index (κ3) is 1.76. The number of aromatic nitrogens is 5. The van der Waals surface area contributed by atoms with E-state index in [0.717, 1.165) is 16.9 Å². The summed E-state index contributed by atoms with van der Waals surface area (Å²) in [4.78, 5) is 4.51. The maximum absolute atomic E-state index is 10.0. The van der Waals surface area contributed by atoms with Crippen LogP contribution in [0.1, 0.15) is 17.6 Å². The van der Waals surface area contributed by atoms with E-state index in [1.54, 1.807) is 0 Å². The quantitative estimate of drug-likeness (QED) is 0.718. The van der Waals surface area contributed by atoms with Gasteiger partial charge in [-0.25, -0.2) is 4.98 Å². The second kappa shape index (κ2) is 4.23. The number of para-hydroxylation sites is 2. The molecule has 18 heavy (non-hydrogen) atoms. The molecule has 0 saturated heterocycles. The second-order valence-corrected chi connectivity index (χ2v) is 4.19. The monoisotopic (exact) mass is 243 g/mol. The van der Waals surface area contributed by atoms with E-state index in [1.165, 1.54) is 6.20 Å². The molecule has 6 heteroatoms. The summed E-state index contributed by atoms with van der Waals surface area (Å²) in [6.45, 7) is 0. The van der Waals surface area contributed by atoms with Crippen LogP contribution >= 0.6 is 0 Å². The highest BCUT2D eigenvalue weighted by Gasteiger charge is 2.15. The van der Waals surface area contributed by atoms with Gasteiger partial charge in [-0.15, -0.1) is 0 Å². The molecule has 92 valence electrons. The number of hydrogen-bond donors (Lipinski definition) is 2. The van der Waals surface area contributed by atoms with Crippen LogP contribution in [-0.4, -0.2) is 30.1 Å². The number of aromatic amines is 1. The predicted molar refractivity (Wildman–Crippen MR) is 65.8 cm³/mol. The zero-order valence-electron chi connectivity index (χ0n) is 9.91. The Kier molecular flexibility index (Phi) is 2.56. The summed E-state index contributed by atoms with van der Waals surface area (Å²) in [5.41, 5.74) is 2.52. The molecule has 0 aliphatic rings. The van der Waals surface area contributed by atoms with Crippen LogP contribution in [0.4, 0.5) is 0 Å². The highest BCUT2D eigenvalue weighted by atomic mass is 16.3. The number of imidazole rings is 1. The fourth-order valence-corrected chi connectivity index (χ4v) is 2.03. The average Bonchev–Trinajstić information content (AvgIpc) is 3.00. The van der Waals surface area contributed by atoms with E-state index < -0.39 is 6.10 Å². The number of hydrogen-bond acceptors (Lipinski definition) is 4. The first-order valence-corrected chi connectivity index (χ1v) is 5.70. The van der Waals surface area contributed by atoms with Crippen LogP contribution < -0.4 is 0 Å².